The SMILES string of the molecule is COc1ccc(N)c(-c2nnnn2CC2CCCC2C)c1. The Morgan fingerprint density at radius 3 is 2.95 bits per heavy atom. The van der Waals surface area contributed by atoms with Gasteiger partial charge in [0.2, 0.25) is 0 Å². The molecule has 2 aromatic rings. The molecule has 6 nitrogen and oxygen atoms in total. The molecule has 0 aliphatic heterocycles. The van der Waals surface area contributed by atoms with Gasteiger partial charge >= 0.3 is 0 Å². The number of nitrogen functional groups attached to an aromatic ring is 1. The van der Waals surface area contributed by atoms with Gasteiger partial charge in [0.15, 0.2) is 5.82 Å². The zero-order valence-electron chi connectivity index (χ0n) is 12.5. The summed E-state index contributed by atoms with van der Waals surface area (Å²) in [6.07, 6.45) is 3.84. The van der Waals surface area contributed by atoms with Crippen molar-refractivity contribution in [2.75, 3.05) is 12.8 Å². The molecule has 112 valence electrons. The molecule has 1 aromatic heterocycles. The summed E-state index contributed by atoms with van der Waals surface area (Å²) in [6, 6.07) is 5.55. The molecule has 3 rings (SSSR count). The molecular weight excluding hydrogens is 266 g/mol. The zero-order chi connectivity index (χ0) is 14.8. The highest BCUT2D eigenvalue weighted by atomic mass is 16.5. The second kappa shape index (κ2) is 5.71. The number of hydrogen-bond acceptors (Lipinski definition) is 5. The topological polar surface area (TPSA) is 78.8 Å². The number of benzene rings is 1. The fourth-order valence-electron chi connectivity index (χ4n) is 3.09. The van der Waals surface area contributed by atoms with E-state index in [-0.39, 0.29) is 0 Å². The van der Waals surface area contributed by atoms with Gasteiger partial charge in [0.05, 0.1) is 7.11 Å². The molecule has 2 atom stereocenters. The van der Waals surface area contributed by atoms with Gasteiger partial charge in [-0.05, 0) is 46.9 Å². The maximum atomic E-state index is 6.08. The first-order valence-electron chi connectivity index (χ1n) is 7.39. The summed E-state index contributed by atoms with van der Waals surface area (Å²) in [4.78, 5) is 0. The molecule has 1 fully saturated rings. The van der Waals surface area contributed by atoms with Crippen LogP contribution in [0, 0.1) is 11.8 Å². The number of tetrazole rings is 1. The average Bonchev–Trinajstić information content (AvgIpc) is 3.10. The number of hydrogen-bond donors (Lipinski definition) is 1. The van der Waals surface area contributed by atoms with Crippen molar-refractivity contribution >= 4 is 5.69 Å². The molecule has 1 saturated carbocycles. The predicted octanol–water partition coefficient (Wildman–Crippen LogP) is 2.37. The second-order valence-electron chi connectivity index (χ2n) is 5.81. The van der Waals surface area contributed by atoms with Crippen molar-refractivity contribution in [3.63, 3.8) is 0 Å². The number of aromatic nitrogens is 4. The maximum absolute atomic E-state index is 6.08. The monoisotopic (exact) mass is 287 g/mol. The maximum Gasteiger partial charge on any atom is 0.184 e. The van der Waals surface area contributed by atoms with Crippen molar-refractivity contribution < 1.29 is 4.74 Å². The van der Waals surface area contributed by atoms with E-state index >= 15 is 0 Å². The fraction of sp³-hybridized carbons (Fsp3) is 0.533. The smallest absolute Gasteiger partial charge is 0.184 e. The van der Waals surface area contributed by atoms with Crippen LogP contribution in [0.15, 0.2) is 18.2 Å². The number of nitrogens with zero attached hydrogens (tertiary/aromatic N) is 4. The van der Waals surface area contributed by atoms with Crippen LogP contribution >= 0.6 is 0 Å². The fourth-order valence-corrected chi connectivity index (χ4v) is 3.09. The molecule has 1 aliphatic rings. The number of anilines is 1. The van der Waals surface area contributed by atoms with Crippen molar-refractivity contribution in [2.45, 2.75) is 32.7 Å². The van der Waals surface area contributed by atoms with Crippen LogP contribution in [0.4, 0.5) is 5.69 Å². The number of rotatable bonds is 4. The third-order valence-corrected chi connectivity index (χ3v) is 4.48. The van der Waals surface area contributed by atoms with Crippen LogP contribution in [0.2, 0.25) is 0 Å². The first kappa shape index (κ1) is 13.9. The van der Waals surface area contributed by atoms with E-state index < -0.39 is 0 Å². The molecule has 2 N–H and O–H groups in total. The Labute approximate surface area is 124 Å². The largest absolute Gasteiger partial charge is 0.497 e. The van der Waals surface area contributed by atoms with E-state index in [9.17, 15) is 0 Å². The summed E-state index contributed by atoms with van der Waals surface area (Å²) in [5.74, 6) is 2.83. The van der Waals surface area contributed by atoms with Gasteiger partial charge in [-0.15, -0.1) is 5.10 Å². The quantitative estimate of drug-likeness (QED) is 0.873. The summed E-state index contributed by atoms with van der Waals surface area (Å²) in [6.45, 7) is 3.15. The standard InChI is InChI=1S/C15H21N5O/c1-10-4-3-5-11(10)9-20-15(17-18-19-20)13-8-12(21-2)6-7-14(13)16/h6-8,10-11H,3-5,9,16H2,1-2H3. The highest BCUT2D eigenvalue weighted by molar-refractivity contribution is 5.73. The van der Waals surface area contributed by atoms with E-state index in [1.165, 1.54) is 19.3 Å². The summed E-state index contributed by atoms with van der Waals surface area (Å²) < 4.78 is 7.14. The van der Waals surface area contributed by atoms with Crippen LogP contribution in [0.1, 0.15) is 26.2 Å². The summed E-state index contributed by atoms with van der Waals surface area (Å²) >= 11 is 0. The van der Waals surface area contributed by atoms with E-state index in [1.54, 1.807) is 7.11 Å². The lowest BCUT2D eigenvalue weighted by Crippen LogP contribution is -2.15. The van der Waals surface area contributed by atoms with Crippen LogP contribution in [0.3, 0.4) is 0 Å². The molecule has 0 bridgehead atoms. The first-order chi connectivity index (χ1) is 10.2. The van der Waals surface area contributed by atoms with Crippen molar-refractivity contribution in [2.24, 2.45) is 11.8 Å². The Hall–Kier alpha value is -2.11. The molecule has 0 spiro atoms. The van der Waals surface area contributed by atoms with E-state index in [0.717, 1.165) is 23.8 Å². The summed E-state index contributed by atoms with van der Waals surface area (Å²) in [5, 5.41) is 12.1. The molecule has 6 heteroatoms. The Bertz CT molecular complexity index is 624. The van der Waals surface area contributed by atoms with Crippen molar-refractivity contribution in [3.8, 4) is 17.1 Å². The average molecular weight is 287 g/mol. The first-order valence-corrected chi connectivity index (χ1v) is 7.39. The molecule has 0 radical (unpaired) electrons. The van der Waals surface area contributed by atoms with E-state index in [2.05, 4.69) is 22.4 Å². The van der Waals surface area contributed by atoms with Crippen LogP contribution < -0.4 is 10.5 Å². The van der Waals surface area contributed by atoms with Gasteiger partial charge < -0.3 is 10.5 Å². The number of ether oxygens (including phenoxy) is 1. The van der Waals surface area contributed by atoms with Gasteiger partial charge in [0.25, 0.3) is 0 Å². The van der Waals surface area contributed by atoms with Crippen LogP contribution in [0.5, 0.6) is 5.75 Å². The zero-order valence-corrected chi connectivity index (χ0v) is 12.5. The van der Waals surface area contributed by atoms with Gasteiger partial charge in [-0.2, -0.15) is 0 Å². The van der Waals surface area contributed by atoms with Gasteiger partial charge in [-0.3, -0.25) is 0 Å². The van der Waals surface area contributed by atoms with Crippen molar-refractivity contribution in [3.05, 3.63) is 18.2 Å². The highest BCUT2D eigenvalue weighted by Gasteiger charge is 2.25. The Kier molecular flexibility index (Phi) is 3.77. The second-order valence-corrected chi connectivity index (χ2v) is 5.81. The van der Waals surface area contributed by atoms with Crippen molar-refractivity contribution in [1.29, 1.82) is 0 Å². The van der Waals surface area contributed by atoms with Gasteiger partial charge in [-0.25, -0.2) is 4.68 Å². The summed E-state index contributed by atoms with van der Waals surface area (Å²) in [7, 11) is 1.64. The molecule has 2 unspecified atom stereocenters. The highest BCUT2D eigenvalue weighted by Crippen LogP contribution is 2.34. The van der Waals surface area contributed by atoms with Crippen LogP contribution in [0.25, 0.3) is 11.4 Å². The lowest BCUT2D eigenvalue weighted by Gasteiger charge is -2.16. The molecule has 0 saturated heterocycles. The lowest BCUT2D eigenvalue weighted by atomic mass is 9.98. The third kappa shape index (κ3) is 2.70. The van der Waals surface area contributed by atoms with E-state index in [0.29, 0.717) is 17.4 Å². The molecule has 1 heterocycles. The van der Waals surface area contributed by atoms with Crippen LogP contribution in [-0.2, 0) is 6.54 Å². The lowest BCUT2D eigenvalue weighted by molar-refractivity contribution is 0.346. The van der Waals surface area contributed by atoms with E-state index in [4.69, 9.17) is 10.5 Å². The van der Waals surface area contributed by atoms with Gasteiger partial charge in [0.1, 0.15) is 5.75 Å². The van der Waals surface area contributed by atoms with Crippen molar-refractivity contribution in [1.82, 2.24) is 20.2 Å². The Balaban J connectivity index is 1.91. The molecular formula is C15H21N5O. The minimum absolute atomic E-state index is 0.638. The van der Waals surface area contributed by atoms with Crippen LogP contribution in [-0.4, -0.2) is 27.3 Å². The molecule has 1 aromatic carbocycles. The molecule has 1 aliphatic carbocycles. The minimum atomic E-state index is 0.638. The Morgan fingerprint density at radius 1 is 1.38 bits per heavy atom. The Morgan fingerprint density at radius 2 is 2.24 bits per heavy atom. The predicted molar refractivity (Wildman–Crippen MR) is 80.7 cm³/mol. The third-order valence-electron chi connectivity index (χ3n) is 4.48. The van der Waals surface area contributed by atoms with E-state index in [1.807, 2.05) is 22.9 Å². The number of nitrogens with two attached hydrogens (primary N) is 1. The number of methoxy groups -OCH3 is 1. The van der Waals surface area contributed by atoms with Gasteiger partial charge in [-0.1, -0.05) is 19.8 Å². The normalized spacial score (nSPS) is 21.6. The van der Waals surface area contributed by atoms with Gasteiger partial charge in [0, 0.05) is 17.8 Å². The summed E-state index contributed by atoms with van der Waals surface area (Å²) in [5.41, 5.74) is 7.56. The molecule has 21 heavy (non-hydrogen) atoms. The molecule has 0 amide bonds. The minimum Gasteiger partial charge on any atom is -0.497 e.